The van der Waals surface area contributed by atoms with E-state index < -0.39 is 0 Å². The molecule has 1 aromatic heterocycles. The molecular formula is C14H11N5. The number of anilines is 1. The number of benzene rings is 1. The smallest absolute Gasteiger partial charge is 0.151 e. The van der Waals surface area contributed by atoms with Gasteiger partial charge in [0, 0.05) is 24.7 Å². The second kappa shape index (κ2) is 4.50. The predicted molar refractivity (Wildman–Crippen MR) is 72.1 cm³/mol. The zero-order chi connectivity index (χ0) is 13.2. The van der Waals surface area contributed by atoms with Crippen LogP contribution in [0.25, 0.3) is 0 Å². The van der Waals surface area contributed by atoms with Gasteiger partial charge >= 0.3 is 0 Å². The summed E-state index contributed by atoms with van der Waals surface area (Å²) in [5.74, 6) is 0.261. The number of para-hydroxylation sites is 1. The van der Waals surface area contributed by atoms with E-state index in [1.807, 2.05) is 24.3 Å². The number of nitrogens with two attached hydrogens (primary N) is 1. The van der Waals surface area contributed by atoms with Crippen molar-refractivity contribution in [3.05, 3.63) is 47.9 Å². The molecule has 3 rings (SSSR count). The first kappa shape index (κ1) is 11.4. The Balaban J connectivity index is 2.13. The molecule has 5 nitrogen and oxygen atoms in total. The monoisotopic (exact) mass is 249 g/mol. The highest BCUT2D eigenvalue weighted by Gasteiger charge is 2.29. The summed E-state index contributed by atoms with van der Waals surface area (Å²) in [6, 6.07) is 9.99. The molecule has 92 valence electrons. The van der Waals surface area contributed by atoms with Crippen LogP contribution in [0.5, 0.6) is 0 Å². The van der Waals surface area contributed by atoms with Crippen LogP contribution in [-0.4, -0.2) is 15.7 Å². The molecule has 0 bridgehead atoms. The molecule has 1 aliphatic heterocycles. The van der Waals surface area contributed by atoms with Crippen molar-refractivity contribution >= 4 is 17.2 Å². The maximum absolute atomic E-state index is 9.01. The van der Waals surface area contributed by atoms with Crippen LogP contribution in [0.15, 0.2) is 41.7 Å². The molecule has 0 radical (unpaired) electrons. The molecule has 1 aromatic carbocycles. The van der Waals surface area contributed by atoms with Crippen LogP contribution < -0.4 is 5.73 Å². The van der Waals surface area contributed by atoms with E-state index in [9.17, 15) is 0 Å². The third-order valence-electron chi connectivity index (χ3n) is 3.15. The van der Waals surface area contributed by atoms with Crippen LogP contribution in [0.4, 0.5) is 11.5 Å². The van der Waals surface area contributed by atoms with Gasteiger partial charge in [0.2, 0.25) is 0 Å². The third kappa shape index (κ3) is 1.83. The van der Waals surface area contributed by atoms with Crippen LogP contribution in [0.3, 0.4) is 0 Å². The number of aromatic nitrogens is 2. The van der Waals surface area contributed by atoms with Crippen molar-refractivity contribution in [3.63, 3.8) is 0 Å². The number of fused-ring (bicyclic) bond motifs is 1. The van der Waals surface area contributed by atoms with Gasteiger partial charge in [-0.3, -0.25) is 4.99 Å². The molecule has 2 N–H and O–H groups in total. The van der Waals surface area contributed by atoms with Gasteiger partial charge in [-0.25, -0.2) is 9.97 Å². The first-order chi connectivity index (χ1) is 9.31. The fraction of sp³-hybridized carbons (Fsp3) is 0.143. The molecule has 0 saturated carbocycles. The van der Waals surface area contributed by atoms with Gasteiger partial charge in [-0.1, -0.05) is 18.2 Å². The minimum atomic E-state index is -0.0831. The van der Waals surface area contributed by atoms with E-state index in [0.29, 0.717) is 17.9 Å². The summed E-state index contributed by atoms with van der Waals surface area (Å²) in [5.41, 5.74) is 9.08. The highest BCUT2D eigenvalue weighted by Crippen LogP contribution is 2.39. The fourth-order valence-electron chi connectivity index (χ4n) is 2.30. The summed E-state index contributed by atoms with van der Waals surface area (Å²) in [6.45, 7) is 0. The maximum Gasteiger partial charge on any atom is 0.151 e. The molecule has 1 aliphatic rings. The average Bonchev–Trinajstić information content (AvgIpc) is 2.79. The van der Waals surface area contributed by atoms with Gasteiger partial charge in [-0.05, 0) is 11.6 Å². The van der Waals surface area contributed by atoms with Gasteiger partial charge in [-0.15, -0.1) is 0 Å². The van der Waals surface area contributed by atoms with Crippen LogP contribution in [-0.2, 0) is 0 Å². The number of hydrogen-bond acceptors (Lipinski definition) is 5. The van der Waals surface area contributed by atoms with Crippen molar-refractivity contribution in [1.29, 1.82) is 5.26 Å². The van der Waals surface area contributed by atoms with Gasteiger partial charge < -0.3 is 5.73 Å². The maximum atomic E-state index is 9.01. The van der Waals surface area contributed by atoms with Crippen LogP contribution in [0, 0.1) is 11.3 Å². The highest BCUT2D eigenvalue weighted by molar-refractivity contribution is 6.11. The molecule has 1 atom stereocenters. The number of rotatable bonds is 2. The Labute approximate surface area is 110 Å². The van der Waals surface area contributed by atoms with Crippen LogP contribution >= 0.6 is 0 Å². The molecule has 0 saturated heterocycles. The minimum absolute atomic E-state index is 0.0831. The Bertz CT molecular complexity index is 699. The summed E-state index contributed by atoms with van der Waals surface area (Å²) >= 11 is 0. The lowest BCUT2D eigenvalue weighted by atomic mass is 9.91. The average molecular weight is 249 g/mol. The second-order valence-electron chi connectivity index (χ2n) is 4.26. The lowest BCUT2D eigenvalue weighted by Gasteiger charge is -2.11. The van der Waals surface area contributed by atoms with Gasteiger partial charge in [0.1, 0.15) is 5.69 Å². The SMILES string of the molecule is N#CCC1C(c2nccnc2N)=Nc2ccccc21. The van der Waals surface area contributed by atoms with Gasteiger partial charge in [-0.2, -0.15) is 5.26 Å². The number of nitrogen functional groups attached to an aromatic ring is 1. The highest BCUT2D eigenvalue weighted by atomic mass is 14.9. The standard InChI is InChI=1S/C14H11N5/c15-6-5-10-9-3-1-2-4-11(9)19-12(10)13-14(16)18-8-7-17-13/h1-4,7-8,10H,5H2,(H2,16,18). The largest absolute Gasteiger partial charge is 0.382 e. The first-order valence-corrected chi connectivity index (χ1v) is 5.92. The molecule has 1 unspecified atom stereocenters. The van der Waals surface area contributed by atoms with Gasteiger partial charge in [0.05, 0.1) is 17.5 Å². The van der Waals surface area contributed by atoms with Crippen molar-refractivity contribution in [1.82, 2.24) is 9.97 Å². The van der Waals surface area contributed by atoms with Gasteiger partial charge in [0.25, 0.3) is 0 Å². The lowest BCUT2D eigenvalue weighted by Crippen LogP contribution is -2.14. The molecule has 2 aromatic rings. The number of nitrogens with zero attached hydrogens (tertiary/aromatic N) is 4. The number of hydrogen-bond donors (Lipinski definition) is 1. The topological polar surface area (TPSA) is 88.0 Å². The molecule has 0 fully saturated rings. The fourth-order valence-corrected chi connectivity index (χ4v) is 2.30. The number of aliphatic imine (C=N–C) groups is 1. The van der Waals surface area contributed by atoms with E-state index in [1.54, 1.807) is 12.4 Å². The molecule has 2 heterocycles. The zero-order valence-electron chi connectivity index (χ0n) is 10.1. The van der Waals surface area contributed by atoms with Crippen molar-refractivity contribution in [2.75, 3.05) is 5.73 Å². The molecule has 0 spiro atoms. The van der Waals surface area contributed by atoms with E-state index in [0.717, 1.165) is 17.0 Å². The lowest BCUT2D eigenvalue weighted by molar-refractivity contribution is 0.935. The Morgan fingerprint density at radius 3 is 2.79 bits per heavy atom. The summed E-state index contributed by atoms with van der Waals surface area (Å²) in [5, 5.41) is 9.01. The Kier molecular flexibility index (Phi) is 2.69. The van der Waals surface area contributed by atoms with Gasteiger partial charge in [0.15, 0.2) is 5.82 Å². The predicted octanol–water partition coefficient (Wildman–Crippen LogP) is 2.19. The first-order valence-electron chi connectivity index (χ1n) is 5.92. The Morgan fingerprint density at radius 2 is 2.00 bits per heavy atom. The summed E-state index contributed by atoms with van der Waals surface area (Å²) in [6.07, 6.45) is 3.48. The molecule has 5 heteroatoms. The summed E-state index contributed by atoms with van der Waals surface area (Å²) in [7, 11) is 0. The normalized spacial score (nSPS) is 16.6. The minimum Gasteiger partial charge on any atom is -0.382 e. The molecular weight excluding hydrogens is 238 g/mol. The van der Waals surface area contributed by atoms with E-state index >= 15 is 0 Å². The molecule has 0 aliphatic carbocycles. The van der Waals surface area contributed by atoms with E-state index in [1.165, 1.54) is 0 Å². The third-order valence-corrected chi connectivity index (χ3v) is 3.15. The number of nitriles is 1. The van der Waals surface area contributed by atoms with E-state index in [4.69, 9.17) is 11.0 Å². The van der Waals surface area contributed by atoms with Crippen molar-refractivity contribution in [3.8, 4) is 6.07 Å². The molecule has 19 heavy (non-hydrogen) atoms. The quantitative estimate of drug-likeness (QED) is 0.883. The summed E-state index contributed by atoms with van der Waals surface area (Å²) < 4.78 is 0. The van der Waals surface area contributed by atoms with Crippen molar-refractivity contribution < 1.29 is 0 Å². The van der Waals surface area contributed by atoms with Crippen LogP contribution in [0.2, 0.25) is 0 Å². The van der Waals surface area contributed by atoms with E-state index in [-0.39, 0.29) is 5.92 Å². The van der Waals surface area contributed by atoms with Crippen molar-refractivity contribution in [2.24, 2.45) is 4.99 Å². The second-order valence-corrected chi connectivity index (χ2v) is 4.26. The Morgan fingerprint density at radius 1 is 1.21 bits per heavy atom. The zero-order valence-corrected chi connectivity index (χ0v) is 10.1. The molecule has 0 amide bonds. The van der Waals surface area contributed by atoms with E-state index in [2.05, 4.69) is 21.0 Å². The van der Waals surface area contributed by atoms with Crippen molar-refractivity contribution in [2.45, 2.75) is 12.3 Å². The summed E-state index contributed by atoms with van der Waals surface area (Å²) in [4.78, 5) is 12.8. The Hall–Kier alpha value is -2.74. The van der Waals surface area contributed by atoms with Crippen LogP contribution in [0.1, 0.15) is 23.6 Å².